The van der Waals surface area contributed by atoms with E-state index < -0.39 is 0 Å². The predicted octanol–water partition coefficient (Wildman–Crippen LogP) is 0.798. The molecule has 0 radical (unpaired) electrons. The van der Waals surface area contributed by atoms with E-state index in [1.165, 1.54) is 25.9 Å². The van der Waals surface area contributed by atoms with Crippen LogP contribution in [0, 0.1) is 5.41 Å². The molecular weight excluding hydrogens is 186 g/mol. The lowest BCUT2D eigenvalue weighted by Gasteiger charge is -2.31. The highest BCUT2D eigenvalue weighted by Gasteiger charge is 2.56. The lowest BCUT2D eigenvalue weighted by molar-refractivity contribution is 0.164. The fourth-order valence-electron chi connectivity index (χ4n) is 2.69. The second-order valence-corrected chi connectivity index (χ2v) is 6.21. The van der Waals surface area contributed by atoms with Crippen molar-refractivity contribution >= 4 is 0 Å². The summed E-state index contributed by atoms with van der Waals surface area (Å²) >= 11 is 0. The number of nitrogens with one attached hydrogen (secondary N) is 1. The van der Waals surface area contributed by atoms with Crippen molar-refractivity contribution in [2.75, 3.05) is 26.2 Å². The first kappa shape index (κ1) is 11.4. The summed E-state index contributed by atoms with van der Waals surface area (Å²) in [6, 6.07) is 0.681. The van der Waals surface area contributed by atoms with Gasteiger partial charge in [-0.25, -0.2) is 0 Å². The third-order valence-corrected chi connectivity index (χ3v) is 4.02. The Kier molecular flexibility index (Phi) is 2.82. The zero-order chi connectivity index (χ0) is 11.1. The van der Waals surface area contributed by atoms with Crippen molar-refractivity contribution in [2.24, 2.45) is 11.1 Å². The monoisotopic (exact) mass is 211 g/mol. The molecule has 1 heterocycles. The van der Waals surface area contributed by atoms with Gasteiger partial charge in [-0.3, -0.25) is 4.90 Å². The van der Waals surface area contributed by atoms with Gasteiger partial charge in [0.1, 0.15) is 0 Å². The van der Waals surface area contributed by atoms with Crippen LogP contribution in [-0.4, -0.2) is 42.7 Å². The molecule has 0 aromatic rings. The van der Waals surface area contributed by atoms with E-state index in [9.17, 15) is 0 Å². The number of hydrogen-bond donors (Lipinski definition) is 2. The van der Waals surface area contributed by atoms with Gasteiger partial charge in [0.05, 0.1) is 0 Å². The molecule has 1 aliphatic carbocycles. The molecule has 0 bridgehead atoms. The van der Waals surface area contributed by atoms with E-state index >= 15 is 0 Å². The zero-order valence-corrected chi connectivity index (χ0v) is 10.3. The average molecular weight is 211 g/mol. The maximum absolute atomic E-state index is 5.56. The van der Waals surface area contributed by atoms with E-state index in [0.29, 0.717) is 17.0 Å². The summed E-state index contributed by atoms with van der Waals surface area (Å²) in [6.45, 7) is 11.1. The minimum Gasteiger partial charge on any atom is -0.329 e. The number of rotatable bonds is 3. The van der Waals surface area contributed by atoms with Crippen LogP contribution in [0.3, 0.4) is 0 Å². The summed E-state index contributed by atoms with van der Waals surface area (Å²) in [4.78, 5) is 2.62. The van der Waals surface area contributed by atoms with Crippen molar-refractivity contribution in [3.05, 3.63) is 0 Å². The van der Waals surface area contributed by atoms with Crippen LogP contribution in [0.1, 0.15) is 33.6 Å². The van der Waals surface area contributed by atoms with Crippen molar-refractivity contribution in [3.8, 4) is 0 Å². The first-order valence-corrected chi connectivity index (χ1v) is 6.16. The second-order valence-electron chi connectivity index (χ2n) is 6.21. The SMILES string of the molecule is CC(C)(C)N1C[C@H](NCCN)C2(CC2)C1. The van der Waals surface area contributed by atoms with Crippen LogP contribution < -0.4 is 11.1 Å². The molecule has 3 heteroatoms. The molecule has 3 N–H and O–H groups in total. The van der Waals surface area contributed by atoms with Gasteiger partial charge in [0.25, 0.3) is 0 Å². The van der Waals surface area contributed by atoms with E-state index in [1.807, 2.05) is 0 Å². The third kappa shape index (κ3) is 2.19. The van der Waals surface area contributed by atoms with Crippen LogP contribution in [0.4, 0.5) is 0 Å². The predicted molar refractivity (Wildman–Crippen MR) is 63.8 cm³/mol. The average Bonchev–Trinajstić information content (AvgIpc) is 2.77. The second kappa shape index (κ2) is 3.72. The van der Waals surface area contributed by atoms with E-state index in [2.05, 4.69) is 31.0 Å². The Labute approximate surface area is 93.4 Å². The van der Waals surface area contributed by atoms with Crippen LogP contribution in [0.2, 0.25) is 0 Å². The molecular formula is C12H25N3. The first-order chi connectivity index (χ1) is 6.98. The fraction of sp³-hybridized carbons (Fsp3) is 1.00. The van der Waals surface area contributed by atoms with Gasteiger partial charge < -0.3 is 11.1 Å². The minimum absolute atomic E-state index is 0.314. The molecule has 88 valence electrons. The molecule has 1 saturated carbocycles. The molecule has 2 fully saturated rings. The summed E-state index contributed by atoms with van der Waals surface area (Å²) in [7, 11) is 0. The molecule has 1 saturated heterocycles. The highest BCUT2D eigenvalue weighted by atomic mass is 15.3. The van der Waals surface area contributed by atoms with Gasteiger partial charge in [-0.2, -0.15) is 0 Å². The summed E-state index contributed by atoms with van der Waals surface area (Å²) in [5, 5.41) is 3.62. The molecule has 1 atom stereocenters. The van der Waals surface area contributed by atoms with Crippen LogP contribution in [-0.2, 0) is 0 Å². The maximum Gasteiger partial charge on any atom is 0.0264 e. The Bertz CT molecular complexity index is 228. The number of hydrogen-bond acceptors (Lipinski definition) is 3. The van der Waals surface area contributed by atoms with Gasteiger partial charge in [-0.15, -0.1) is 0 Å². The molecule has 3 nitrogen and oxygen atoms in total. The first-order valence-electron chi connectivity index (χ1n) is 6.16. The Hall–Kier alpha value is -0.120. The summed E-state index contributed by atoms with van der Waals surface area (Å²) in [6.07, 6.45) is 2.81. The van der Waals surface area contributed by atoms with E-state index in [4.69, 9.17) is 5.73 Å². The Balaban J connectivity index is 1.96. The maximum atomic E-state index is 5.56. The van der Waals surface area contributed by atoms with Gasteiger partial charge in [-0.05, 0) is 39.0 Å². The van der Waals surface area contributed by atoms with Crippen molar-refractivity contribution < 1.29 is 0 Å². The van der Waals surface area contributed by atoms with Crippen LogP contribution in [0.5, 0.6) is 0 Å². The zero-order valence-electron chi connectivity index (χ0n) is 10.3. The topological polar surface area (TPSA) is 41.3 Å². The van der Waals surface area contributed by atoms with Gasteiger partial charge in [0, 0.05) is 37.8 Å². The lowest BCUT2D eigenvalue weighted by atomic mass is 10.0. The Morgan fingerprint density at radius 3 is 2.53 bits per heavy atom. The van der Waals surface area contributed by atoms with E-state index in [-0.39, 0.29) is 0 Å². The molecule has 0 aromatic carbocycles. The summed E-state index contributed by atoms with van der Waals surface area (Å²) in [5.41, 5.74) is 6.47. The highest BCUT2D eigenvalue weighted by molar-refractivity contribution is 5.11. The standard InChI is InChI=1S/C12H25N3/c1-11(2,3)15-8-10(14-7-6-13)12(9-15)4-5-12/h10,14H,4-9,13H2,1-3H3/t10-/m0/s1. The van der Waals surface area contributed by atoms with Crippen LogP contribution in [0.25, 0.3) is 0 Å². The normalized spacial score (nSPS) is 30.0. The summed E-state index contributed by atoms with van der Waals surface area (Å²) < 4.78 is 0. The van der Waals surface area contributed by atoms with Gasteiger partial charge >= 0.3 is 0 Å². The third-order valence-electron chi connectivity index (χ3n) is 4.02. The molecule has 0 aromatic heterocycles. The highest BCUT2D eigenvalue weighted by Crippen LogP contribution is 2.53. The van der Waals surface area contributed by atoms with Gasteiger partial charge in [0.2, 0.25) is 0 Å². The van der Waals surface area contributed by atoms with Crippen LogP contribution in [0.15, 0.2) is 0 Å². The van der Waals surface area contributed by atoms with Crippen molar-refractivity contribution in [1.29, 1.82) is 0 Å². The van der Waals surface area contributed by atoms with Crippen LogP contribution >= 0.6 is 0 Å². The lowest BCUT2D eigenvalue weighted by Crippen LogP contribution is -2.43. The molecule has 2 aliphatic rings. The molecule has 0 unspecified atom stereocenters. The Morgan fingerprint density at radius 1 is 1.40 bits per heavy atom. The van der Waals surface area contributed by atoms with Crippen molar-refractivity contribution in [2.45, 2.75) is 45.2 Å². The molecule has 0 amide bonds. The molecule has 1 spiro atoms. The fourth-order valence-corrected chi connectivity index (χ4v) is 2.69. The number of nitrogens with two attached hydrogens (primary N) is 1. The largest absolute Gasteiger partial charge is 0.329 e. The number of nitrogens with zero attached hydrogens (tertiary/aromatic N) is 1. The summed E-state index contributed by atoms with van der Waals surface area (Å²) in [5.74, 6) is 0. The quantitative estimate of drug-likeness (QED) is 0.725. The number of likely N-dealkylation sites (tertiary alicyclic amines) is 1. The molecule has 2 rings (SSSR count). The molecule has 1 aliphatic heterocycles. The minimum atomic E-state index is 0.314. The van der Waals surface area contributed by atoms with Gasteiger partial charge in [0.15, 0.2) is 0 Å². The van der Waals surface area contributed by atoms with Gasteiger partial charge in [-0.1, -0.05) is 0 Å². The smallest absolute Gasteiger partial charge is 0.0264 e. The van der Waals surface area contributed by atoms with Crippen molar-refractivity contribution in [3.63, 3.8) is 0 Å². The van der Waals surface area contributed by atoms with Crippen molar-refractivity contribution in [1.82, 2.24) is 10.2 Å². The Morgan fingerprint density at radius 2 is 2.07 bits per heavy atom. The van der Waals surface area contributed by atoms with E-state index in [1.54, 1.807) is 0 Å². The van der Waals surface area contributed by atoms with E-state index in [0.717, 1.165) is 13.1 Å². The molecule has 15 heavy (non-hydrogen) atoms.